The number of amides is 1. The van der Waals surface area contributed by atoms with E-state index in [1.807, 2.05) is 13.0 Å². The number of rotatable bonds is 10. The molecule has 0 fully saturated rings. The van der Waals surface area contributed by atoms with E-state index in [0.717, 1.165) is 43.7 Å². The highest BCUT2D eigenvalue weighted by Gasteiger charge is 2.28. The minimum atomic E-state index is -0.530. The van der Waals surface area contributed by atoms with Crippen LogP contribution in [0.5, 0.6) is 5.75 Å². The van der Waals surface area contributed by atoms with Crippen molar-refractivity contribution < 1.29 is 14.7 Å². The number of hydrogen-bond acceptors (Lipinski definition) is 4. The van der Waals surface area contributed by atoms with E-state index in [0.29, 0.717) is 12.6 Å². The molecular formula is C31H33N3O3. The lowest BCUT2D eigenvalue weighted by Crippen LogP contribution is -2.29. The fourth-order valence-electron chi connectivity index (χ4n) is 5.35. The number of H-pyrrole nitrogens is 1. The van der Waals surface area contributed by atoms with Gasteiger partial charge in [0.15, 0.2) is 0 Å². The molecule has 1 aliphatic carbocycles. The Morgan fingerprint density at radius 2 is 2.00 bits per heavy atom. The van der Waals surface area contributed by atoms with Crippen molar-refractivity contribution in [2.45, 2.75) is 38.8 Å². The van der Waals surface area contributed by atoms with Crippen LogP contribution in [0.3, 0.4) is 0 Å². The zero-order valence-electron chi connectivity index (χ0n) is 21.1. The Balaban J connectivity index is 1.38. The number of benzene rings is 3. The largest absolute Gasteiger partial charge is 0.494 e. The monoisotopic (exact) mass is 495 g/mol. The molecule has 1 heterocycles. The second-order valence-electron chi connectivity index (χ2n) is 9.48. The summed E-state index contributed by atoms with van der Waals surface area (Å²) in [6.07, 6.45) is 8.24. The highest BCUT2D eigenvalue weighted by Crippen LogP contribution is 2.37. The van der Waals surface area contributed by atoms with Crippen molar-refractivity contribution in [2.24, 2.45) is 0 Å². The lowest BCUT2D eigenvalue weighted by molar-refractivity contribution is -0.124. The number of nitrogens with one attached hydrogen (secondary N) is 2. The Morgan fingerprint density at radius 3 is 2.81 bits per heavy atom. The van der Waals surface area contributed by atoms with Gasteiger partial charge < -0.3 is 9.72 Å². The summed E-state index contributed by atoms with van der Waals surface area (Å²) >= 11 is 0. The summed E-state index contributed by atoms with van der Waals surface area (Å²) in [5.41, 5.74) is 9.06. The number of fused-ring (bicyclic) bond motifs is 2. The summed E-state index contributed by atoms with van der Waals surface area (Å²) in [4.78, 5) is 17.4. The van der Waals surface area contributed by atoms with E-state index in [-0.39, 0.29) is 0 Å². The molecule has 0 saturated carbocycles. The van der Waals surface area contributed by atoms with E-state index >= 15 is 0 Å². The maximum Gasteiger partial charge on any atom is 0.267 e. The third-order valence-electron chi connectivity index (χ3n) is 7.15. The molecule has 0 aliphatic heterocycles. The number of hydrogen-bond donors (Lipinski definition) is 3. The van der Waals surface area contributed by atoms with Gasteiger partial charge in [0, 0.05) is 42.3 Å². The van der Waals surface area contributed by atoms with Gasteiger partial charge in [-0.2, -0.15) is 0 Å². The van der Waals surface area contributed by atoms with Crippen molar-refractivity contribution in [1.29, 1.82) is 0 Å². The molecule has 1 unspecified atom stereocenters. The second-order valence-corrected chi connectivity index (χ2v) is 9.48. The molecule has 3 N–H and O–H groups in total. The van der Waals surface area contributed by atoms with Crippen molar-refractivity contribution in [3.63, 3.8) is 0 Å². The molecule has 1 amide bonds. The van der Waals surface area contributed by atoms with Gasteiger partial charge in [0.05, 0.1) is 6.61 Å². The number of carbonyl (C=O) groups is 1. The Bertz CT molecular complexity index is 1390. The van der Waals surface area contributed by atoms with Crippen LogP contribution in [0.1, 0.15) is 47.2 Å². The minimum Gasteiger partial charge on any atom is -0.494 e. The molecule has 1 aliphatic rings. The fourth-order valence-corrected chi connectivity index (χ4v) is 5.35. The highest BCUT2D eigenvalue weighted by molar-refractivity contribution is 5.90. The van der Waals surface area contributed by atoms with E-state index in [2.05, 4.69) is 76.7 Å². The highest BCUT2D eigenvalue weighted by atomic mass is 16.5. The number of para-hydroxylation sites is 1. The third kappa shape index (κ3) is 5.77. The van der Waals surface area contributed by atoms with Crippen molar-refractivity contribution in [2.75, 3.05) is 13.2 Å². The number of aromatic nitrogens is 1. The number of ether oxygens (including phenoxy) is 1. The predicted octanol–water partition coefficient (Wildman–Crippen LogP) is 5.82. The summed E-state index contributed by atoms with van der Waals surface area (Å²) in [6, 6.07) is 23.6. The van der Waals surface area contributed by atoms with Crippen LogP contribution in [0, 0.1) is 0 Å². The fraction of sp³-hybridized carbons (Fsp3) is 0.258. The van der Waals surface area contributed by atoms with E-state index in [4.69, 9.17) is 9.94 Å². The molecule has 190 valence electrons. The molecule has 6 heteroatoms. The van der Waals surface area contributed by atoms with Crippen LogP contribution >= 0.6 is 0 Å². The van der Waals surface area contributed by atoms with E-state index in [1.54, 1.807) is 11.6 Å². The molecule has 0 saturated heterocycles. The Morgan fingerprint density at radius 1 is 1.16 bits per heavy atom. The van der Waals surface area contributed by atoms with E-state index in [1.165, 1.54) is 39.2 Å². The average molecular weight is 496 g/mol. The van der Waals surface area contributed by atoms with Crippen molar-refractivity contribution in [3.05, 3.63) is 107 Å². The summed E-state index contributed by atoms with van der Waals surface area (Å²) in [7, 11) is 0. The van der Waals surface area contributed by atoms with Gasteiger partial charge in [0.2, 0.25) is 0 Å². The van der Waals surface area contributed by atoms with Gasteiger partial charge in [-0.1, -0.05) is 48.5 Å². The first kappa shape index (κ1) is 24.8. The van der Waals surface area contributed by atoms with Gasteiger partial charge in [0.1, 0.15) is 5.75 Å². The number of carbonyl (C=O) groups excluding carboxylic acids is 1. The zero-order chi connectivity index (χ0) is 25.6. The van der Waals surface area contributed by atoms with Crippen LogP contribution in [-0.2, 0) is 24.2 Å². The van der Waals surface area contributed by atoms with E-state index in [9.17, 15) is 4.79 Å². The van der Waals surface area contributed by atoms with Gasteiger partial charge in [-0.05, 0) is 78.3 Å². The zero-order valence-corrected chi connectivity index (χ0v) is 21.1. The summed E-state index contributed by atoms with van der Waals surface area (Å²) in [5.74, 6) is 0.371. The Kier molecular flexibility index (Phi) is 7.68. The van der Waals surface area contributed by atoms with Gasteiger partial charge in [-0.3, -0.25) is 14.9 Å². The van der Waals surface area contributed by atoms with Crippen LogP contribution in [0.15, 0.2) is 79.0 Å². The second kappa shape index (κ2) is 11.5. The van der Waals surface area contributed by atoms with Crippen molar-refractivity contribution in [3.8, 4) is 5.75 Å². The van der Waals surface area contributed by atoms with Gasteiger partial charge >= 0.3 is 0 Å². The quantitative estimate of drug-likeness (QED) is 0.147. The van der Waals surface area contributed by atoms with Crippen LogP contribution < -0.4 is 10.2 Å². The molecule has 1 aromatic heterocycles. The molecule has 5 rings (SSSR count). The molecular weight excluding hydrogens is 462 g/mol. The number of hydroxylamine groups is 1. The maximum atomic E-state index is 11.4. The van der Waals surface area contributed by atoms with Crippen LogP contribution in [-0.4, -0.2) is 34.1 Å². The maximum absolute atomic E-state index is 11.4. The molecule has 37 heavy (non-hydrogen) atoms. The molecule has 3 aromatic carbocycles. The Labute approximate surface area is 217 Å². The number of aromatic amines is 1. The molecule has 6 nitrogen and oxygen atoms in total. The number of nitrogens with zero attached hydrogens (tertiary/aromatic N) is 1. The topological polar surface area (TPSA) is 77.6 Å². The lowest BCUT2D eigenvalue weighted by Gasteiger charge is -2.30. The lowest BCUT2D eigenvalue weighted by atomic mass is 10.0. The molecule has 0 spiro atoms. The SMILES string of the molecule is CCOc1ccc(CN(CCc2c[nH]c3ccccc23)C2CCc3cc(/C=C/C(=O)NO)ccc32)cc1. The average Bonchev–Trinajstić information content (AvgIpc) is 3.55. The van der Waals surface area contributed by atoms with Crippen LogP contribution in [0.25, 0.3) is 17.0 Å². The predicted molar refractivity (Wildman–Crippen MR) is 146 cm³/mol. The molecule has 0 radical (unpaired) electrons. The molecule has 4 aromatic rings. The normalized spacial score (nSPS) is 14.9. The summed E-state index contributed by atoms with van der Waals surface area (Å²) in [6.45, 7) is 4.46. The van der Waals surface area contributed by atoms with Gasteiger partial charge in [-0.25, -0.2) is 5.48 Å². The van der Waals surface area contributed by atoms with Gasteiger partial charge in [0.25, 0.3) is 5.91 Å². The molecule has 1 atom stereocenters. The standard InChI is InChI=1S/C31H33N3O3/c1-2-37-26-12-7-23(8-13-26)21-34(18-17-25-20-32-29-6-4-3-5-27(25)29)30-15-11-24-19-22(9-14-28(24)30)10-16-31(35)33-36/h3-10,12-14,16,19-20,30,32,36H,2,11,15,17-18,21H2,1H3,(H,33,35)/b16-10+. The minimum absolute atomic E-state index is 0.325. The van der Waals surface area contributed by atoms with Crippen LogP contribution in [0.4, 0.5) is 0 Å². The summed E-state index contributed by atoms with van der Waals surface area (Å²) < 4.78 is 5.64. The van der Waals surface area contributed by atoms with Crippen molar-refractivity contribution in [1.82, 2.24) is 15.4 Å². The van der Waals surface area contributed by atoms with E-state index < -0.39 is 5.91 Å². The first-order valence-electron chi connectivity index (χ1n) is 12.9. The third-order valence-corrected chi connectivity index (χ3v) is 7.15. The first-order valence-corrected chi connectivity index (χ1v) is 12.9. The first-order chi connectivity index (χ1) is 18.1. The number of aryl methyl sites for hydroxylation is 1. The smallest absolute Gasteiger partial charge is 0.267 e. The Hall–Kier alpha value is -3.87. The summed E-state index contributed by atoms with van der Waals surface area (Å²) in [5, 5.41) is 10.0. The molecule has 0 bridgehead atoms. The van der Waals surface area contributed by atoms with Crippen LogP contribution in [0.2, 0.25) is 0 Å². The van der Waals surface area contributed by atoms with Crippen molar-refractivity contribution >= 4 is 22.9 Å². The van der Waals surface area contributed by atoms with Gasteiger partial charge in [-0.15, -0.1) is 0 Å².